The van der Waals surface area contributed by atoms with Gasteiger partial charge in [0.2, 0.25) is 5.91 Å². The highest BCUT2D eigenvalue weighted by Gasteiger charge is 2.32. The number of thioether (sulfide) groups is 2. The van der Waals surface area contributed by atoms with Gasteiger partial charge in [0.1, 0.15) is 11.0 Å². The quantitative estimate of drug-likeness (QED) is 0.478. The maximum absolute atomic E-state index is 13.4. The Labute approximate surface area is 201 Å². The van der Waals surface area contributed by atoms with Crippen LogP contribution >= 0.6 is 23.5 Å². The molecule has 5 rings (SSSR count). The summed E-state index contributed by atoms with van der Waals surface area (Å²) in [7, 11) is 0. The van der Waals surface area contributed by atoms with Gasteiger partial charge in [0.25, 0.3) is 0 Å². The summed E-state index contributed by atoms with van der Waals surface area (Å²) in [6.45, 7) is 2.60. The fourth-order valence-corrected chi connectivity index (χ4v) is 5.86. The van der Waals surface area contributed by atoms with Gasteiger partial charge in [0.15, 0.2) is 5.17 Å². The molecule has 0 radical (unpaired) electrons. The third kappa shape index (κ3) is 4.99. The van der Waals surface area contributed by atoms with Gasteiger partial charge in [-0.15, -0.1) is 0 Å². The van der Waals surface area contributed by atoms with E-state index in [9.17, 15) is 4.79 Å². The van der Waals surface area contributed by atoms with E-state index < -0.39 is 5.25 Å². The minimum atomic E-state index is -0.448. The molecule has 3 aromatic rings. The fourth-order valence-electron chi connectivity index (χ4n) is 3.76. The largest absolute Gasteiger partial charge is 0.494 e. The molecule has 0 saturated carbocycles. The second kappa shape index (κ2) is 9.85. The van der Waals surface area contributed by atoms with Crippen LogP contribution in [0.15, 0.2) is 101 Å². The number of amidine groups is 1. The van der Waals surface area contributed by atoms with Crippen molar-refractivity contribution >= 4 is 45.5 Å². The molecule has 0 spiro atoms. The third-order valence-corrected chi connectivity index (χ3v) is 7.64. The molecule has 0 fully saturated rings. The monoisotopic (exact) mass is 473 g/mol. The van der Waals surface area contributed by atoms with Crippen LogP contribution in [0.4, 0.5) is 0 Å². The van der Waals surface area contributed by atoms with Crippen LogP contribution in [0.5, 0.6) is 0 Å². The Hall–Kier alpha value is -3.03. The van der Waals surface area contributed by atoms with Gasteiger partial charge in [-0.05, 0) is 36.8 Å². The first kappa shape index (κ1) is 21.8. The zero-order valence-corrected chi connectivity index (χ0v) is 19.7. The number of carbonyl (C=O) groups is 1. The van der Waals surface area contributed by atoms with Gasteiger partial charge in [-0.1, -0.05) is 84.2 Å². The van der Waals surface area contributed by atoms with Gasteiger partial charge < -0.3 is 10.1 Å². The first-order valence-corrected chi connectivity index (χ1v) is 12.6. The van der Waals surface area contributed by atoms with Gasteiger partial charge in [-0.2, -0.15) is 0 Å². The van der Waals surface area contributed by atoms with E-state index in [0.717, 1.165) is 27.3 Å². The lowest BCUT2D eigenvalue weighted by Crippen LogP contribution is -2.31. The van der Waals surface area contributed by atoms with Crippen LogP contribution in [-0.2, 0) is 9.53 Å². The number of nitrogens with one attached hydrogen (secondary N) is 1. The SMILES string of the molecule is CCOC1=C[C@@H]2SC(NC(=O)[C@@H](Sc3ccc4ccccc4n3)c3ccccc3)=N[C@H]2C=C1. The lowest BCUT2D eigenvalue weighted by molar-refractivity contribution is -0.119. The number of hydrogen-bond donors (Lipinski definition) is 1. The molecule has 1 aliphatic heterocycles. The Morgan fingerprint density at radius 1 is 1.12 bits per heavy atom. The zero-order chi connectivity index (χ0) is 22.6. The van der Waals surface area contributed by atoms with Crippen molar-refractivity contribution in [3.05, 3.63) is 96.3 Å². The third-order valence-electron chi connectivity index (χ3n) is 5.33. The van der Waals surface area contributed by atoms with Crippen molar-refractivity contribution in [2.75, 3.05) is 6.61 Å². The number of hydrogen-bond acceptors (Lipinski definition) is 6. The average Bonchev–Trinajstić information content (AvgIpc) is 3.24. The van der Waals surface area contributed by atoms with Crippen molar-refractivity contribution in [3.8, 4) is 0 Å². The van der Waals surface area contributed by atoms with E-state index in [-0.39, 0.29) is 17.2 Å². The molecule has 2 heterocycles. The van der Waals surface area contributed by atoms with Crippen molar-refractivity contribution in [2.45, 2.75) is 28.5 Å². The minimum absolute atomic E-state index is 0.0134. The van der Waals surface area contributed by atoms with Crippen molar-refractivity contribution in [2.24, 2.45) is 4.99 Å². The summed E-state index contributed by atoms with van der Waals surface area (Å²) in [6.07, 6.45) is 6.06. The van der Waals surface area contributed by atoms with E-state index in [1.165, 1.54) is 11.8 Å². The van der Waals surface area contributed by atoms with Crippen molar-refractivity contribution in [1.29, 1.82) is 0 Å². The summed E-state index contributed by atoms with van der Waals surface area (Å²) in [5.74, 6) is 0.748. The predicted molar refractivity (Wildman–Crippen MR) is 136 cm³/mol. The van der Waals surface area contributed by atoms with Crippen LogP contribution in [0.2, 0.25) is 0 Å². The molecule has 0 saturated heterocycles. The fraction of sp³-hybridized carbons (Fsp3) is 0.192. The van der Waals surface area contributed by atoms with Gasteiger partial charge >= 0.3 is 0 Å². The van der Waals surface area contributed by atoms with Crippen molar-refractivity contribution < 1.29 is 9.53 Å². The van der Waals surface area contributed by atoms with Gasteiger partial charge in [0.05, 0.1) is 28.4 Å². The smallest absolute Gasteiger partial charge is 0.243 e. The van der Waals surface area contributed by atoms with E-state index in [1.807, 2.05) is 85.8 Å². The zero-order valence-electron chi connectivity index (χ0n) is 18.0. The number of benzene rings is 2. The highest BCUT2D eigenvalue weighted by molar-refractivity contribution is 8.14. The molecule has 2 aliphatic rings. The Bertz CT molecular complexity index is 1260. The average molecular weight is 474 g/mol. The number of pyridine rings is 1. The van der Waals surface area contributed by atoms with Gasteiger partial charge in [0, 0.05) is 5.39 Å². The Balaban J connectivity index is 1.35. The number of carbonyl (C=O) groups excluding carboxylic acids is 1. The molecular formula is C26H23N3O2S2. The molecule has 1 N–H and O–H groups in total. The molecule has 5 nitrogen and oxygen atoms in total. The summed E-state index contributed by atoms with van der Waals surface area (Å²) >= 11 is 3.01. The van der Waals surface area contributed by atoms with Crippen molar-refractivity contribution in [1.82, 2.24) is 10.3 Å². The second-order valence-electron chi connectivity index (χ2n) is 7.61. The van der Waals surface area contributed by atoms with Crippen LogP contribution in [0.3, 0.4) is 0 Å². The van der Waals surface area contributed by atoms with Crippen LogP contribution in [-0.4, -0.2) is 34.0 Å². The number of para-hydroxylation sites is 1. The Morgan fingerprint density at radius 3 is 2.79 bits per heavy atom. The molecule has 166 valence electrons. The molecule has 2 aromatic carbocycles. The number of aliphatic imine (C=N–C) groups is 1. The number of amides is 1. The normalized spacial score (nSPS) is 20.0. The first-order chi connectivity index (χ1) is 16.2. The van der Waals surface area contributed by atoms with E-state index >= 15 is 0 Å². The number of rotatable bonds is 6. The number of allylic oxidation sites excluding steroid dienone is 1. The molecule has 0 bridgehead atoms. The Morgan fingerprint density at radius 2 is 1.94 bits per heavy atom. The maximum atomic E-state index is 13.4. The molecule has 1 amide bonds. The second-order valence-corrected chi connectivity index (χ2v) is 9.90. The summed E-state index contributed by atoms with van der Waals surface area (Å²) in [4.78, 5) is 22.9. The summed E-state index contributed by atoms with van der Waals surface area (Å²) < 4.78 is 5.61. The van der Waals surface area contributed by atoms with Crippen LogP contribution in [0.25, 0.3) is 10.9 Å². The molecular weight excluding hydrogens is 450 g/mol. The number of nitrogens with zero attached hydrogens (tertiary/aromatic N) is 2. The van der Waals surface area contributed by atoms with E-state index in [2.05, 4.69) is 11.4 Å². The lowest BCUT2D eigenvalue weighted by Gasteiger charge is -2.17. The molecule has 1 aliphatic carbocycles. The first-order valence-electron chi connectivity index (χ1n) is 10.8. The van der Waals surface area contributed by atoms with E-state index in [1.54, 1.807) is 11.8 Å². The van der Waals surface area contributed by atoms with E-state index in [4.69, 9.17) is 14.7 Å². The number of aromatic nitrogens is 1. The number of ether oxygens (including phenoxy) is 1. The highest BCUT2D eigenvalue weighted by atomic mass is 32.2. The topological polar surface area (TPSA) is 63.6 Å². The van der Waals surface area contributed by atoms with Gasteiger partial charge in [-0.3, -0.25) is 9.79 Å². The molecule has 1 aromatic heterocycles. The molecule has 3 atom stereocenters. The maximum Gasteiger partial charge on any atom is 0.243 e. The van der Waals surface area contributed by atoms with E-state index in [0.29, 0.717) is 11.8 Å². The summed E-state index contributed by atoms with van der Waals surface area (Å²) in [5, 5.41) is 5.27. The molecule has 33 heavy (non-hydrogen) atoms. The Kier molecular flexibility index (Phi) is 6.51. The number of fused-ring (bicyclic) bond motifs is 2. The van der Waals surface area contributed by atoms with Crippen molar-refractivity contribution in [3.63, 3.8) is 0 Å². The van der Waals surface area contributed by atoms with Crippen LogP contribution in [0, 0.1) is 0 Å². The van der Waals surface area contributed by atoms with Gasteiger partial charge in [-0.25, -0.2) is 4.98 Å². The lowest BCUT2D eigenvalue weighted by atomic mass is 10.1. The molecule has 0 unspecified atom stereocenters. The minimum Gasteiger partial charge on any atom is -0.494 e. The highest BCUT2D eigenvalue weighted by Crippen LogP contribution is 2.37. The van der Waals surface area contributed by atoms with Crippen LogP contribution in [0.1, 0.15) is 17.7 Å². The molecule has 7 heteroatoms. The summed E-state index contributed by atoms with van der Waals surface area (Å²) in [6, 6.07) is 21.8. The van der Waals surface area contributed by atoms with Crippen LogP contribution < -0.4 is 5.32 Å². The summed E-state index contributed by atoms with van der Waals surface area (Å²) in [5.41, 5.74) is 1.84. The standard InChI is InChI=1S/C26H23N3O2S2/c1-2-31-19-13-14-21-22(16-19)32-26(28-21)29-25(30)24(18-9-4-3-5-10-18)33-23-15-12-17-8-6-7-11-20(17)27-23/h3-16,21-22,24H,2H2,1H3,(H,28,29,30)/t21-,22-,24-/m0/s1. The predicted octanol–water partition coefficient (Wildman–Crippen LogP) is 5.51.